The van der Waals surface area contributed by atoms with Crippen molar-refractivity contribution in [1.29, 1.82) is 0 Å². The number of carbonyl (C=O) groups excluding carboxylic acids is 1. The topological polar surface area (TPSA) is 68.2 Å². The molecule has 1 aromatic carbocycles. The lowest BCUT2D eigenvalue weighted by molar-refractivity contribution is 0.0908. The van der Waals surface area contributed by atoms with Gasteiger partial charge >= 0.3 is 0 Å². The molecule has 2 unspecified atom stereocenters. The molecule has 7 heteroatoms. The third kappa shape index (κ3) is 4.07. The summed E-state index contributed by atoms with van der Waals surface area (Å²) >= 11 is 0. The molecule has 2 atom stereocenters. The SMILES string of the molecule is COc1ccc(-n2ccc(C(=O)NC3CCNCC3C)n2)cc1.Cl. The van der Waals surface area contributed by atoms with E-state index in [1.54, 1.807) is 24.1 Å². The number of piperidine rings is 1. The highest BCUT2D eigenvalue weighted by molar-refractivity contribution is 5.92. The summed E-state index contributed by atoms with van der Waals surface area (Å²) in [5, 5.41) is 10.8. The van der Waals surface area contributed by atoms with Crippen molar-refractivity contribution in [3.05, 3.63) is 42.2 Å². The number of benzene rings is 1. The molecule has 2 aromatic rings. The number of ether oxygens (including phenoxy) is 1. The molecule has 1 fully saturated rings. The normalized spacial score (nSPS) is 20.1. The van der Waals surface area contributed by atoms with Gasteiger partial charge in [0.15, 0.2) is 5.69 Å². The van der Waals surface area contributed by atoms with Crippen LogP contribution in [0.1, 0.15) is 23.8 Å². The predicted octanol–water partition coefficient (Wildman–Crippen LogP) is 2.03. The van der Waals surface area contributed by atoms with Gasteiger partial charge in [0.2, 0.25) is 0 Å². The first-order chi connectivity index (χ1) is 11.2. The molecule has 1 saturated heterocycles. The summed E-state index contributed by atoms with van der Waals surface area (Å²) in [6.07, 6.45) is 2.74. The number of aromatic nitrogens is 2. The minimum absolute atomic E-state index is 0. The second kappa shape index (κ2) is 8.17. The number of nitrogens with one attached hydrogen (secondary N) is 2. The Kier molecular flexibility index (Phi) is 6.23. The molecular weight excluding hydrogens is 328 g/mol. The van der Waals surface area contributed by atoms with E-state index >= 15 is 0 Å². The molecule has 2 N–H and O–H groups in total. The van der Waals surface area contributed by atoms with Crippen molar-refractivity contribution in [3.8, 4) is 11.4 Å². The minimum Gasteiger partial charge on any atom is -0.497 e. The molecule has 1 aliphatic heterocycles. The Balaban J connectivity index is 0.00000208. The third-order valence-corrected chi connectivity index (χ3v) is 4.26. The summed E-state index contributed by atoms with van der Waals surface area (Å²) < 4.78 is 6.84. The minimum atomic E-state index is -0.115. The molecule has 1 aliphatic rings. The second-order valence-corrected chi connectivity index (χ2v) is 5.89. The van der Waals surface area contributed by atoms with Gasteiger partial charge in [-0.1, -0.05) is 6.92 Å². The van der Waals surface area contributed by atoms with Gasteiger partial charge in [0.05, 0.1) is 12.8 Å². The Morgan fingerprint density at radius 3 is 2.75 bits per heavy atom. The first-order valence-corrected chi connectivity index (χ1v) is 7.89. The fourth-order valence-corrected chi connectivity index (χ4v) is 2.79. The van der Waals surface area contributed by atoms with E-state index in [0.29, 0.717) is 11.6 Å². The lowest BCUT2D eigenvalue weighted by atomic mass is 9.95. The predicted molar refractivity (Wildman–Crippen MR) is 95.3 cm³/mol. The van der Waals surface area contributed by atoms with Gasteiger partial charge in [0.25, 0.3) is 5.91 Å². The molecule has 0 radical (unpaired) electrons. The first-order valence-electron chi connectivity index (χ1n) is 7.89. The quantitative estimate of drug-likeness (QED) is 0.885. The van der Waals surface area contributed by atoms with Gasteiger partial charge in [-0.25, -0.2) is 4.68 Å². The first kappa shape index (κ1) is 18.3. The lowest BCUT2D eigenvalue weighted by Gasteiger charge is -2.29. The molecule has 24 heavy (non-hydrogen) atoms. The molecule has 0 aliphatic carbocycles. The van der Waals surface area contributed by atoms with Crippen LogP contribution >= 0.6 is 12.4 Å². The molecule has 2 heterocycles. The van der Waals surface area contributed by atoms with Crippen LogP contribution in [0.4, 0.5) is 0 Å². The largest absolute Gasteiger partial charge is 0.497 e. The van der Waals surface area contributed by atoms with Gasteiger partial charge in [0, 0.05) is 12.2 Å². The molecule has 0 saturated carbocycles. The average molecular weight is 351 g/mol. The monoisotopic (exact) mass is 350 g/mol. The standard InChI is InChI=1S/C17H22N4O2.ClH/c1-12-11-18-9-7-15(12)19-17(22)16-8-10-21(20-16)13-3-5-14(23-2)6-4-13;/h3-6,8,10,12,15,18H,7,9,11H2,1-2H3,(H,19,22);1H. The maximum absolute atomic E-state index is 12.4. The molecule has 6 nitrogen and oxygen atoms in total. The Labute approximate surface area is 148 Å². The van der Waals surface area contributed by atoms with E-state index in [0.717, 1.165) is 30.9 Å². The highest BCUT2D eigenvalue weighted by Gasteiger charge is 2.23. The van der Waals surface area contributed by atoms with Crippen molar-refractivity contribution in [2.24, 2.45) is 5.92 Å². The van der Waals surface area contributed by atoms with Gasteiger partial charge in [-0.2, -0.15) is 5.10 Å². The van der Waals surface area contributed by atoms with Crippen LogP contribution in [0.3, 0.4) is 0 Å². The van der Waals surface area contributed by atoms with Gasteiger partial charge < -0.3 is 15.4 Å². The van der Waals surface area contributed by atoms with E-state index in [1.165, 1.54) is 0 Å². The Bertz CT molecular complexity index is 671. The van der Waals surface area contributed by atoms with Crippen LogP contribution in [0.15, 0.2) is 36.5 Å². The Hall–Kier alpha value is -2.05. The number of amides is 1. The van der Waals surface area contributed by atoms with Crippen LogP contribution in [-0.2, 0) is 0 Å². The summed E-state index contributed by atoms with van der Waals surface area (Å²) in [7, 11) is 1.63. The second-order valence-electron chi connectivity index (χ2n) is 5.89. The van der Waals surface area contributed by atoms with E-state index in [9.17, 15) is 4.79 Å². The Morgan fingerprint density at radius 1 is 1.33 bits per heavy atom. The highest BCUT2D eigenvalue weighted by Crippen LogP contribution is 2.15. The average Bonchev–Trinajstić information content (AvgIpc) is 3.07. The van der Waals surface area contributed by atoms with Crippen molar-refractivity contribution in [1.82, 2.24) is 20.4 Å². The van der Waals surface area contributed by atoms with Crippen LogP contribution in [0, 0.1) is 5.92 Å². The molecule has 1 aromatic heterocycles. The van der Waals surface area contributed by atoms with E-state index in [2.05, 4.69) is 22.7 Å². The van der Waals surface area contributed by atoms with Gasteiger partial charge in [-0.3, -0.25) is 4.79 Å². The van der Waals surface area contributed by atoms with Crippen LogP contribution in [0.25, 0.3) is 5.69 Å². The number of methoxy groups -OCH3 is 1. The smallest absolute Gasteiger partial charge is 0.272 e. The van der Waals surface area contributed by atoms with Crippen molar-refractivity contribution in [2.75, 3.05) is 20.2 Å². The van der Waals surface area contributed by atoms with Gasteiger partial charge in [-0.05, 0) is 55.8 Å². The molecule has 0 bridgehead atoms. The maximum atomic E-state index is 12.4. The summed E-state index contributed by atoms with van der Waals surface area (Å²) in [4.78, 5) is 12.4. The number of hydrogen-bond acceptors (Lipinski definition) is 4. The lowest BCUT2D eigenvalue weighted by Crippen LogP contribution is -2.48. The number of hydrogen-bond donors (Lipinski definition) is 2. The van der Waals surface area contributed by atoms with E-state index in [-0.39, 0.29) is 24.4 Å². The van der Waals surface area contributed by atoms with Crippen LogP contribution in [0.2, 0.25) is 0 Å². The molecule has 130 valence electrons. The fourth-order valence-electron chi connectivity index (χ4n) is 2.79. The summed E-state index contributed by atoms with van der Waals surface area (Å²) in [6, 6.07) is 9.49. The van der Waals surface area contributed by atoms with Crippen LogP contribution in [-0.4, -0.2) is 41.9 Å². The van der Waals surface area contributed by atoms with Gasteiger partial charge in [0.1, 0.15) is 5.75 Å². The van der Waals surface area contributed by atoms with E-state index < -0.39 is 0 Å². The Morgan fingerprint density at radius 2 is 2.08 bits per heavy atom. The molecule has 1 amide bonds. The zero-order valence-electron chi connectivity index (χ0n) is 13.9. The van der Waals surface area contributed by atoms with Crippen molar-refractivity contribution >= 4 is 18.3 Å². The zero-order valence-corrected chi connectivity index (χ0v) is 14.7. The van der Waals surface area contributed by atoms with Crippen molar-refractivity contribution in [3.63, 3.8) is 0 Å². The number of carbonyl (C=O) groups is 1. The zero-order chi connectivity index (χ0) is 16.2. The third-order valence-electron chi connectivity index (χ3n) is 4.26. The fraction of sp³-hybridized carbons (Fsp3) is 0.412. The van der Waals surface area contributed by atoms with Gasteiger partial charge in [-0.15, -0.1) is 12.4 Å². The number of rotatable bonds is 4. The van der Waals surface area contributed by atoms with E-state index in [4.69, 9.17) is 4.74 Å². The number of halogens is 1. The van der Waals surface area contributed by atoms with Crippen LogP contribution in [0.5, 0.6) is 5.75 Å². The maximum Gasteiger partial charge on any atom is 0.272 e. The summed E-state index contributed by atoms with van der Waals surface area (Å²) in [5.74, 6) is 1.10. The molecular formula is C17H23ClN4O2. The highest BCUT2D eigenvalue weighted by atomic mass is 35.5. The number of nitrogens with zero attached hydrogens (tertiary/aromatic N) is 2. The molecule has 3 rings (SSSR count). The van der Waals surface area contributed by atoms with Crippen molar-refractivity contribution in [2.45, 2.75) is 19.4 Å². The molecule has 0 spiro atoms. The van der Waals surface area contributed by atoms with Crippen LogP contribution < -0.4 is 15.4 Å². The summed E-state index contributed by atoms with van der Waals surface area (Å²) in [6.45, 7) is 4.02. The van der Waals surface area contributed by atoms with E-state index in [1.807, 2.05) is 24.3 Å². The summed E-state index contributed by atoms with van der Waals surface area (Å²) in [5.41, 5.74) is 1.33. The van der Waals surface area contributed by atoms with Crippen molar-refractivity contribution < 1.29 is 9.53 Å².